The molecule has 0 radical (unpaired) electrons. The number of thiocarbonyl (C=S) groups is 1. The number of anilines is 2. The molecule has 5 nitrogen and oxygen atoms in total. The van der Waals surface area contributed by atoms with Crippen LogP contribution in [0, 0.1) is 11.8 Å². The third-order valence-corrected chi connectivity index (χ3v) is 5.20. The fourth-order valence-electron chi connectivity index (χ4n) is 3.87. The minimum Gasteiger partial charge on any atom is -0.360 e. The predicted molar refractivity (Wildman–Crippen MR) is 104 cm³/mol. The zero-order chi connectivity index (χ0) is 17.1. The molecule has 2 fully saturated rings. The summed E-state index contributed by atoms with van der Waals surface area (Å²) in [5.74, 6) is 2.66. The van der Waals surface area contributed by atoms with Crippen LogP contribution in [0.2, 0.25) is 5.15 Å². The van der Waals surface area contributed by atoms with E-state index in [0.717, 1.165) is 18.9 Å². The number of aromatic nitrogens is 2. The van der Waals surface area contributed by atoms with Crippen LogP contribution in [0.1, 0.15) is 46.0 Å². The van der Waals surface area contributed by atoms with Gasteiger partial charge in [-0.15, -0.1) is 0 Å². The Morgan fingerprint density at radius 3 is 2.54 bits per heavy atom. The van der Waals surface area contributed by atoms with Gasteiger partial charge in [0.25, 0.3) is 0 Å². The van der Waals surface area contributed by atoms with Gasteiger partial charge in [0.2, 0.25) is 5.95 Å². The maximum absolute atomic E-state index is 6.21. The monoisotopic (exact) mass is 367 g/mol. The largest absolute Gasteiger partial charge is 0.360 e. The molecule has 2 aliphatic rings. The first kappa shape index (κ1) is 17.7. The van der Waals surface area contributed by atoms with Gasteiger partial charge in [0, 0.05) is 25.2 Å². The second-order valence-electron chi connectivity index (χ2n) is 7.30. The number of rotatable bonds is 3. The second kappa shape index (κ2) is 7.83. The molecule has 1 aliphatic heterocycles. The molecule has 3 rings (SSSR count). The number of nitrogens with zero attached hydrogens (tertiary/aromatic N) is 3. The standard InChI is InChI=1S/C17H26ClN5S/c1-11-7-12(2)10-23(9-11)15-8-14(18)20-16(21-15)22-17(24)19-13-5-3-4-6-13/h8,11-13H,3-7,9-10H2,1-2H3,(H2,19,20,21,22,24)/t11-,12-/m0/s1. The van der Waals surface area contributed by atoms with Crippen molar-refractivity contribution in [3.8, 4) is 0 Å². The van der Waals surface area contributed by atoms with E-state index in [1.807, 2.05) is 6.07 Å². The molecule has 2 heterocycles. The van der Waals surface area contributed by atoms with E-state index in [-0.39, 0.29) is 0 Å². The summed E-state index contributed by atoms with van der Waals surface area (Å²) in [6.45, 7) is 6.57. The highest BCUT2D eigenvalue weighted by Crippen LogP contribution is 2.27. The Morgan fingerprint density at radius 2 is 1.88 bits per heavy atom. The van der Waals surface area contributed by atoms with E-state index in [2.05, 4.69) is 39.3 Å². The molecule has 1 aromatic rings. The Bertz CT molecular complexity index is 580. The van der Waals surface area contributed by atoms with Crippen molar-refractivity contribution in [1.29, 1.82) is 0 Å². The van der Waals surface area contributed by atoms with Crippen molar-refractivity contribution < 1.29 is 0 Å². The Labute approximate surface area is 154 Å². The third-order valence-electron chi connectivity index (χ3n) is 4.79. The average molecular weight is 368 g/mol. The highest BCUT2D eigenvalue weighted by Gasteiger charge is 2.24. The van der Waals surface area contributed by atoms with E-state index < -0.39 is 0 Å². The molecular weight excluding hydrogens is 342 g/mol. The molecule has 1 aliphatic carbocycles. The zero-order valence-corrected chi connectivity index (χ0v) is 16.0. The number of piperidine rings is 1. The average Bonchev–Trinajstić information content (AvgIpc) is 2.98. The molecule has 1 saturated carbocycles. The minimum absolute atomic E-state index is 0.442. The summed E-state index contributed by atoms with van der Waals surface area (Å²) < 4.78 is 0. The molecule has 2 N–H and O–H groups in total. The normalized spacial score (nSPS) is 24.9. The van der Waals surface area contributed by atoms with Crippen LogP contribution < -0.4 is 15.5 Å². The van der Waals surface area contributed by atoms with E-state index in [1.165, 1.54) is 32.1 Å². The molecule has 0 amide bonds. The fraction of sp³-hybridized carbons (Fsp3) is 0.706. The van der Waals surface area contributed by atoms with Gasteiger partial charge in [-0.2, -0.15) is 4.98 Å². The molecule has 0 aromatic carbocycles. The summed E-state index contributed by atoms with van der Waals surface area (Å²) in [5.41, 5.74) is 0. The lowest BCUT2D eigenvalue weighted by molar-refractivity contribution is 0.355. The van der Waals surface area contributed by atoms with Crippen LogP contribution >= 0.6 is 23.8 Å². The first-order valence-corrected chi connectivity index (χ1v) is 9.65. The molecule has 1 aromatic heterocycles. The van der Waals surface area contributed by atoms with E-state index in [4.69, 9.17) is 23.8 Å². The van der Waals surface area contributed by atoms with Crippen LogP contribution in [0.25, 0.3) is 0 Å². The number of halogens is 1. The van der Waals surface area contributed by atoms with Crippen molar-refractivity contribution in [2.45, 2.75) is 52.0 Å². The molecule has 0 bridgehead atoms. The molecule has 0 spiro atoms. The smallest absolute Gasteiger partial charge is 0.232 e. The van der Waals surface area contributed by atoms with Gasteiger partial charge in [-0.05, 0) is 43.3 Å². The fourth-order valence-corrected chi connectivity index (χ4v) is 4.30. The lowest BCUT2D eigenvalue weighted by Gasteiger charge is -2.35. The molecule has 7 heteroatoms. The summed E-state index contributed by atoms with van der Waals surface area (Å²) in [7, 11) is 0. The maximum Gasteiger partial charge on any atom is 0.232 e. The lowest BCUT2D eigenvalue weighted by Crippen LogP contribution is -2.39. The van der Waals surface area contributed by atoms with Gasteiger partial charge in [-0.3, -0.25) is 0 Å². The number of nitrogens with one attached hydrogen (secondary N) is 2. The van der Waals surface area contributed by atoms with Crippen molar-refractivity contribution >= 4 is 40.7 Å². The first-order valence-electron chi connectivity index (χ1n) is 8.86. The Kier molecular flexibility index (Phi) is 5.76. The summed E-state index contributed by atoms with van der Waals surface area (Å²) in [6, 6.07) is 2.30. The third kappa shape index (κ3) is 4.70. The van der Waals surface area contributed by atoms with E-state index in [9.17, 15) is 0 Å². The minimum atomic E-state index is 0.442. The second-order valence-corrected chi connectivity index (χ2v) is 8.10. The number of hydrogen-bond acceptors (Lipinski definition) is 4. The van der Waals surface area contributed by atoms with Crippen LogP contribution in [-0.4, -0.2) is 34.2 Å². The van der Waals surface area contributed by atoms with Gasteiger partial charge in [0.05, 0.1) is 0 Å². The van der Waals surface area contributed by atoms with Gasteiger partial charge in [-0.25, -0.2) is 4.98 Å². The predicted octanol–water partition coefficient (Wildman–Crippen LogP) is 3.84. The van der Waals surface area contributed by atoms with Crippen LogP contribution in [0.4, 0.5) is 11.8 Å². The SMILES string of the molecule is C[C@H]1C[C@H](C)CN(c2cc(Cl)nc(NC(=S)NC3CCCC3)n2)C1. The molecular formula is C17H26ClN5S. The summed E-state index contributed by atoms with van der Waals surface area (Å²) >= 11 is 11.6. The van der Waals surface area contributed by atoms with Gasteiger partial charge < -0.3 is 15.5 Å². The van der Waals surface area contributed by atoms with Crippen LogP contribution in [0.5, 0.6) is 0 Å². The number of hydrogen-bond donors (Lipinski definition) is 2. The van der Waals surface area contributed by atoms with E-state index in [0.29, 0.717) is 34.1 Å². The molecule has 1 saturated heterocycles. The zero-order valence-electron chi connectivity index (χ0n) is 14.4. The molecule has 0 unspecified atom stereocenters. The van der Waals surface area contributed by atoms with Crippen LogP contribution in [0.15, 0.2) is 6.07 Å². The van der Waals surface area contributed by atoms with Crippen LogP contribution in [0.3, 0.4) is 0 Å². The lowest BCUT2D eigenvalue weighted by atomic mass is 9.92. The highest BCUT2D eigenvalue weighted by molar-refractivity contribution is 7.80. The Balaban J connectivity index is 1.67. The Morgan fingerprint density at radius 1 is 1.21 bits per heavy atom. The summed E-state index contributed by atoms with van der Waals surface area (Å²) in [5, 5.41) is 7.46. The Hall–Kier alpha value is -1.14. The summed E-state index contributed by atoms with van der Waals surface area (Å²) in [4.78, 5) is 11.2. The summed E-state index contributed by atoms with van der Waals surface area (Å²) in [6.07, 6.45) is 6.14. The van der Waals surface area contributed by atoms with Crippen molar-refractivity contribution in [1.82, 2.24) is 15.3 Å². The van der Waals surface area contributed by atoms with Gasteiger partial charge in [0.15, 0.2) is 5.11 Å². The molecule has 2 atom stereocenters. The van der Waals surface area contributed by atoms with Crippen molar-refractivity contribution in [2.75, 3.05) is 23.3 Å². The van der Waals surface area contributed by atoms with E-state index in [1.54, 1.807) is 0 Å². The van der Waals surface area contributed by atoms with Crippen molar-refractivity contribution in [3.05, 3.63) is 11.2 Å². The molecule has 24 heavy (non-hydrogen) atoms. The van der Waals surface area contributed by atoms with Gasteiger partial charge >= 0.3 is 0 Å². The van der Waals surface area contributed by atoms with Crippen LogP contribution in [-0.2, 0) is 0 Å². The maximum atomic E-state index is 6.21. The molecule has 132 valence electrons. The van der Waals surface area contributed by atoms with Crippen molar-refractivity contribution in [2.24, 2.45) is 11.8 Å². The van der Waals surface area contributed by atoms with Gasteiger partial charge in [0.1, 0.15) is 11.0 Å². The topological polar surface area (TPSA) is 53.1 Å². The van der Waals surface area contributed by atoms with Gasteiger partial charge in [-0.1, -0.05) is 38.3 Å². The quantitative estimate of drug-likeness (QED) is 0.625. The van der Waals surface area contributed by atoms with Crippen molar-refractivity contribution in [3.63, 3.8) is 0 Å². The van der Waals surface area contributed by atoms with E-state index >= 15 is 0 Å². The first-order chi connectivity index (χ1) is 11.5. The highest BCUT2D eigenvalue weighted by atomic mass is 35.5.